The summed E-state index contributed by atoms with van der Waals surface area (Å²) in [5, 5.41) is 0. The number of rotatable bonds is 7. The third kappa shape index (κ3) is 15.4. The molecule has 0 saturated heterocycles. The van der Waals surface area contributed by atoms with Crippen molar-refractivity contribution in [3.05, 3.63) is 0 Å². The van der Waals surface area contributed by atoms with E-state index in [0.717, 1.165) is 25.7 Å². The molecule has 0 aliphatic carbocycles. The van der Waals surface area contributed by atoms with Gasteiger partial charge in [0.25, 0.3) is 0 Å². The van der Waals surface area contributed by atoms with E-state index < -0.39 is 10.4 Å². The average Bonchev–Trinajstić information content (AvgIpc) is 1.94. The minimum Gasteiger partial charge on any atom is -1.00 e. The van der Waals surface area contributed by atoms with Gasteiger partial charge in [-0.25, -0.2) is 4.18 Å². The molecule has 0 aliphatic rings. The topological polar surface area (TPSA) is 63.6 Å². The van der Waals surface area contributed by atoms with E-state index in [-0.39, 0.29) is 32.5 Å². The van der Waals surface area contributed by atoms with Crippen LogP contribution in [0, 0.1) is 0 Å². The third-order valence-corrected chi connectivity index (χ3v) is 1.94. The van der Waals surface area contributed by atoms with Gasteiger partial charge in [-0.3, -0.25) is 4.55 Å². The predicted octanol–water partition coefficient (Wildman–Crippen LogP) is 1.62. The van der Waals surface area contributed by atoms with Gasteiger partial charge in [-0.2, -0.15) is 8.42 Å². The third-order valence-electron chi connectivity index (χ3n) is 1.48. The van der Waals surface area contributed by atoms with Crippen LogP contribution in [0.2, 0.25) is 0 Å². The van der Waals surface area contributed by atoms with Crippen molar-refractivity contribution in [3.8, 4) is 0 Å². The quantitative estimate of drug-likeness (QED) is 0.404. The molecule has 0 radical (unpaired) electrons. The summed E-state index contributed by atoms with van der Waals surface area (Å²) in [5.41, 5.74) is 0. The van der Waals surface area contributed by atoms with E-state index in [9.17, 15) is 8.42 Å². The summed E-state index contributed by atoms with van der Waals surface area (Å²) >= 11 is 0. The van der Waals surface area contributed by atoms with Crippen molar-refractivity contribution < 1.29 is 20.0 Å². The molecule has 0 aromatic heterocycles. The van der Waals surface area contributed by atoms with Gasteiger partial charge in [0, 0.05) is 0 Å². The van der Waals surface area contributed by atoms with Crippen LogP contribution >= 0.6 is 0 Å². The molecule has 0 rings (SSSR count). The summed E-state index contributed by atoms with van der Waals surface area (Å²) in [7, 11) is -4.22. The Hall–Kier alpha value is 0.636. The van der Waals surface area contributed by atoms with Crippen molar-refractivity contribution in [3.63, 3.8) is 0 Å². The summed E-state index contributed by atoms with van der Waals surface area (Å²) in [6.07, 6.45) is 5.03. The Morgan fingerprint density at radius 3 is 2.23 bits per heavy atom. The van der Waals surface area contributed by atoms with E-state index in [2.05, 4.69) is 11.1 Å². The van der Waals surface area contributed by atoms with Gasteiger partial charge in [0.1, 0.15) is 0 Å². The Balaban J connectivity index is -0.000000202. The average molecular weight is 223 g/mol. The summed E-state index contributed by atoms with van der Waals surface area (Å²) in [6.45, 7) is 2.19. The van der Waals surface area contributed by atoms with Crippen molar-refractivity contribution in [1.82, 2.24) is 0 Å². The summed E-state index contributed by atoms with van der Waals surface area (Å²) in [6, 6.07) is 0. The fraction of sp³-hybridized carbons (Fsp3) is 1.00. The SMILES string of the molecule is CCCCCCCOS(=O)(=O)O.[H-].[H-].[Mg+2]. The first-order valence-electron chi connectivity index (χ1n) is 4.18. The van der Waals surface area contributed by atoms with Gasteiger partial charge in [-0.05, 0) is 6.42 Å². The molecule has 1 N–H and O–H groups in total. The molecule has 13 heavy (non-hydrogen) atoms. The molecular formula is C7H18MgO4S. The summed E-state index contributed by atoms with van der Waals surface area (Å²) < 4.78 is 32.4. The minimum atomic E-state index is -4.22. The van der Waals surface area contributed by atoms with Gasteiger partial charge in [0.2, 0.25) is 0 Å². The van der Waals surface area contributed by atoms with E-state index in [0.29, 0.717) is 6.42 Å². The first-order valence-corrected chi connectivity index (χ1v) is 5.54. The second-order valence-electron chi connectivity index (χ2n) is 2.66. The molecule has 0 spiro atoms. The van der Waals surface area contributed by atoms with Crippen LogP contribution in [-0.2, 0) is 14.6 Å². The van der Waals surface area contributed by atoms with E-state index in [1.54, 1.807) is 0 Å². The fourth-order valence-corrected chi connectivity index (χ4v) is 1.20. The maximum atomic E-state index is 10.1. The van der Waals surface area contributed by atoms with Crippen LogP contribution in [0.25, 0.3) is 0 Å². The molecule has 0 unspecified atom stereocenters. The molecule has 6 heteroatoms. The minimum absolute atomic E-state index is 0. The Kier molecular flexibility index (Phi) is 11.4. The summed E-state index contributed by atoms with van der Waals surface area (Å²) in [5.74, 6) is 0. The Labute approximate surface area is 99.1 Å². The van der Waals surface area contributed by atoms with Gasteiger partial charge in [-0.15, -0.1) is 0 Å². The van der Waals surface area contributed by atoms with Crippen LogP contribution in [0.15, 0.2) is 0 Å². The second kappa shape index (κ2) is 9.20. The number of hydrogen-bond acceptors (Lipinski definition) is 3. The van der Waals surface area contributed by atoms with Crippen LogP contribution in [0.3, 0.4) is 0 Å². The van der Waals surface area contributed by atoms with Crippen LogP contribution in [0.4, 0.5) is 0 Å². The zero-order valence-corrected chi connectivity index (χ0v) is 10.3. The van der Waals surface area contributed by atoms with Gasteiger partial charge >= 0.3 is 33.5 Å². The molecule has 0 heterocycles. The molecule has 0 bridgehead atoms. The van der Waals surface area contributed by atoms with Crippen molar-refractivity contribution >= 4 is 33.5 Å². The normalized spacial score (nSPS) is 10.9. The molecule has 0 amide bonds. The zero-order chi connectivity index (χ0) is 9.45. The molecule has 0 aromatic carbocycles. The maximum Gasteiger partial charge on any atom is 2.00 e. The number of unbranched alkanes of at least 4 members (excludes halogenated alkanes) is 4. The van der Waals surface area contributed by atoms with E-state index >= 15 is 0 Å². The molecule has 4 nitrogen and oxygen atoms in total. The predicted molar refractivity (Wildman–Crippen MR) is 54.2 cm³/mol. The number of hydrogen-bond donors (Lipinski definition) is 1. The largest absolute Gasteiger partial charge is 2.00 e. The van der Waals surface area contributed by atoms with Gasteiger partial charge < -0.3 is 2.85 Å². The monoisotopic (exact) mass is 222 g/mol. The smallest absolute Gasteiger partial charge is 1.00 e. The van der Waals surface area contributed by atoms with Crippen molar-refractivity contribution in [2.24, 2.45) is 0 Å². The van der Waals surface area contributed by atoms with E-state index in [1.807, 2.05) is 0 Å². The van der Waals surface area contributed by atoms with Crippen LogP contribution < -0.4 is 0 Å². The molecule has 0 saturated carbocycles. The van der Waals surface area contributed by atoms with Gasteiger partial charge in [-0.1, -0.05) is 32.6 Å². The van der Waals surface area contributed by atoms with Gasteiger partial charge in [0.05, 0.1) is 6.61 Å². The molecule has 0 aromatic rings. The van der Waals surface area contributed by atoms with Crippen LogP contribution in [-0.4, -0.2) is 42.6 Å². The first kappa shape index (κ1) is 16.1. The Bertz CT molecular complexity index is 199. The van der Waals surface area contributed by atoms with Crippen molar-refractivity contribution in [2.45, 2.75) is 39.0 Å². The Morgan fingerprint density at radius 2 is 1.77 bits per heavy atom. The molecular weight excluding hydrogens is 204 g/mol. The molecule has 0 fully saturated rings. The second-order valence-corrected chi connectivity index (χ2v) is 3.76. The van der Waals surface area contributed by atoms with Crippen molar-refractivity contribution in [2.75, 3.05) is 6.61 Å². The fourth-order valence-electron chi connectivity index (χ4n) is 0.870. The Morgan fingerprint density at radius 1 is 1.23 bits per heavy atom. The van der Waals surface area contributed by atoms with Crippen LogP contribution in [0.1, 0.15) is 41.9 Å². The standard InChI is InChI=1S/C7H16O4S.Mg.2H/c1-2-3-4-5-6-7-11-12(8,9)10;;;/h2-7H2,1H3,(H,8,9,10);;;/q;+2;2*-1. The molecule has 0 atom stereocenters. The molecule has 78 valence electrons. The molecule has 0 aliphatic heterocycles. The zero-order valence-electron chi connectivity index (χ0n) is 10.0. The summed E-state index contributed by atoms with van der Waals surface area (Å²) in [4.78, 5) is 0. The van der Waals surface area contributed by atoms with Crippen LogP contribution in [0.5, 0.6) is 0 Å². The van der Waals surface area contributed by atoms with Crippen molar-refractivity contribution in [1.29, 1.82) is 0 Å². The van der Waals surface area contributed by atoms with E-state index in [1.165, 1.54) is 0 Å². The van der Waals surface area contributed by atoms with Gasteiger partial charge in [0.15, 0.2) is 0 Å². The van der Waals surface area contributed by atoms with E-state index in [4.69, 9.17) is 4.55 Å². The first-order chi connectivity index (χ1) is 5.56. The maximum absolute atomic E-state index is 10.1.